The molecule has 0 aromatic heterocycles. The van der Waals surface area contributed by atoms with Gasteiger partial charge in [0.15, 0.2) is 0 Å². The van der Waals surface area contributed by atoms with Crippen molar-refractivity contribution in [2.45, 2.75) is 50.8 Å². The highest BCUT2D eigenvalue weighted by Crippen LogP contribution is 2.25. The lowest BCUT2D eigenvalue weighted by Crippen LogP contribution is -2.45. The summed E-state index contributed by atoms with van der Waals surface area (Å²) >= 11 is 0. The zero-order valence-corrected chi connectivity index (χ0v) is 18.0. The highest BCUT2D eigenvalue weighted by Gasteiger charge is 2.30. The molecule has 0 bridgehead atoms. The molecule has 0 amide bonds. The molecule has 28 heavy (non-hydrogen) atoms. The molecule has 1 aliphatic carbocycles. The van der Waals surface area contributed by atoms with E-state index in [9.17, 15) is 8.42 Å². The van der Waals surface area contributed by atoms with Crippen molar-refractivity contribution in [3.63, 3.8) is 0 Å². The third-order valence-electron chi connectivity index (χ3n) is 5.32. The predicted molar refractivity (Wildman–Crippen MR) is 114 cm³/mol. The van der Waals surface area contributed by atoms with Crippen molar-refractivity contribution in [3.05, 3.63) is 48.6 Å². The van der Waals surface area contributed by atoms with Crippen LogP contribution in [0.25, 0.3) is 0 Å². The molecule has 2 rings (SSSR count). The lowest BCUT2D eigenvalue weighted by atomic mass is 9.93. The first kappa shape index (κ1) is 23.0. The molecule has 1 aromatic carbocycles. The minimum Gasteiger partial charge on any atom is -0.378 e. The summed E-state index contributed by atoms with van der Waals surface area (Å²) in [5.41, 5.74) is 0.954. The second-order valence-corrected chi connectivity index (χ2v) is 9.35. The molecule has 0 unspecified atom stereocenters. The van der Waals surface area contributed by atoms with Gasteiger partial charge >= 0.3 is 0 Å². The van der Waals surface area contributed by atoms with Crippen LogP contribution >= 0.6 is 0 Å². The smallest absolute Gasteiger partial charge is 0.279 e. The lowest BCUT2D eigenvalue weighted by Gasteiger charge is -2.34. The van der Waals surface area contributed by atoms with E-state index in [1.165, 1.54) is 4.31 Å². The van der Waals surface area contributed by atoms with Crippen LogP contribution in [0.1, 0.15) is 37.7 Å². The molecular formula is C21H35N3O3S. The standard InChI is InChI=1S/C21H35N3O3S/c1-4-15-23(2)16-8-17-27-21-13-11-20(12-14-21)24(3)28(25,26)22-18-19-9-6-5-7-10-19/h4-7,9-10,20-22H,1,8,11-18H2,2-3H3/t20-,21-. The topological polar surface area (TPSA) is 61.9 Å². The van der Waals surface area contributed by atoms with Crippen LogP contribution in [0.3, 0.4) is 0 Å². The van der Waals surface area contributed by atoms with Gasteiger partial charge in [0.25, 0.3) is 10.2 Å². The second kappa shape index (κ2) is 11.7. The van der Waals surface area contributed by atoms with E-state index >= 15 is 0 Å². The summed E-state index contributed by atoms with van der Waals surface area (Å²) in [5, 5.41) is 0. The Morgan fingerprint density at radius 3 is 2.50 bits per heavy atom. The maximum atomic E-state index is 12.6. The van der Waals surface area contributed by atoms with Crippen LogP contribution < -0.4 is 4.72 Å². The molecule has 1 aliphatic rings. The van der Waals surface area contributed by atoms with Gasteiger partial charge in [0.2, 0.25) is 0 Å². The van der Waals surface area contributed by atoms with Crippen LogP contribution in [-0.4, -0.2) is 63.6 Å². The first-order valence-electron chi connectivity index (χ1n) is 10.1. The number of hydrogen-bond acceptors (Lipinski definition) is 4. The van der Waals surface area contributed by atoms with Crippen molar-refractivity contribution in [1.82, 2.24) is 13.9 Å². The Morgan fingerprint density at radius 2 is 1.86 bits per heavy atom. The molecule has 0 atom stereocenters. The number of rotatable bonds is 12. The molecule has 1 aromatic rings. The van der Waals surface area contributed by atoms with Crippen LogP contribution in [0.15, 0.2) is 43.0 Å². The van der Waals surface area contributed by atoms with Crippen molar-refractivity contribution in [1.29, 1.82) is 0 Å². The van der Waals surface area contributed by atoms with E-state index in [0.29, 0.717) is 6.54 Å². The first-order chi connectivity index (χ1) is 13.4. The largest absolute Gasteiger partial charge is 0.378 e. The highest BCUT2D eigenvalue weighted by atomic mass is 32.2. The maximum absolute atomic E-state index is 12.6. The summed E-state index contributed by atoms with van der Waals surface area (Å²) < 4.78 is 35.4. The minimum absolute atomic E-state index is 0.0341. The van der Waals surface area contributed by atoms with Gasteiger partial charge in [-0.3, -0.25) is 0 Å². The number of nitrogens with zero attached hydrogens (tertiary/aromatic N) is 2. The second-order valence-electron chi connectivity index (χ2n) is 7.53. The first-order valence-corrected chi connectivity index (χ1v) is 11.5. The molecule has 1 fully saturated rings. The highest BCUT2D eigenvalue weighted by molar-refractivity contribution is 7.87. The van der Waals surface area contributed by atoms with Crippen LogP contribution in [-0.2, 0) is 21.5 Å². The molecule has 0 saturated heterocycles. The van der Waals surface area contributed by atoms with Crippen LogP contribution in [0.5, 0.6) is 0 Å². The van der Waals surface area contributed by atoms with Crippen molar-refractivity contribution in [3.8, 4) is 0 Å². The maximum Gasteiger partial charge on any atom is 0.279 e. The molecule has 7 heteroatoms. The fourth-order valence-electron chi connectivity index (χ4n) is 3.54. The van der Waals surface area contributed by atoms with Crippen molar-refractivity contribution in [2.75, 3.05) is 33.8 Å². The summed E-state index contributed by atoms with van der Waals surface area (Å²) in [6.45, 7) is 6.70. The Kier molecular flexibility index (Phi) is 9.61. The summed E-state index contributed by atoms with van der Waals surface area (Å²) in [6, 6.07) is 9.61. The Hall–Kier alpha value is -1.25. The summed E-state index contributed by atoms with van der Waals surface area (Å²) in [4.78, 5) is 2.22. The van der Waals surface area contributed by atoms with Crippen molar-refractivity contribution >= 4 is 10.2 Å². The van der Waals surface area contributed by atoms with Gasteiger partial charge in [-0.05, 0) is 44.7 Å². The zero-order chi connectivity index (χ0) is 20.4. The van der Waals surface area contributed by atoms with E-state index in [0.717, 1.165) is 57.4 Å². The van der Waals surface area contributed by atoms with Crippen LogP contribution in [0.2, 0.25) is 0 Å². The fraction of sp³-hybridized carbons (Fsp3) is 0.619. The monoisotopic (exact) mass is 409 g/mol. The molecule has 0 aliphatic heterocycles. The van der Waals surface area contributed by atoms with Gasteiger partial charge in [-0.25, -0.2) is 0 Å². The molecule has 1 saturated carbocycles. The quantitative estimate of drug-likeness (QED) is 0.426. The van der Waals surface area contributed by atoms with Gasteiger partial charge in [-0.15, -0.1) is 6.58 Å². The van der Waals surface area contributed by atoms with E-state index in [-0.39, 0.29) is 12.1 Å². The average Bonchev–Trinajstić information content (AvgIpc) is 2.71. The van der Waals surface area contributed by atoms with Crippen LogP contribution in [0.4, 0.5) is 0 Å². The Morgan fingerprint density at radius 1 is 1.18 bits per heavy atom. The van der Waals surface area contributed by atoms with Gasteiger partial charge in [-0.1, -0.05) is 36.4 Å². The van der Waals surface area contributed by atoms with E-state index in [1.807, 2.05) is 36.4 Å². The number of hydrogen-bond donors (Lipinski definition) is 1. The minimum atomic E-state index is -3.48. The van der Waals surface area contributed by atoms with Crippen molar-refractivity contribution < 1.29 is 13.2 Å². The molecule has 6 nitrogen and oxygen atoms in total. The average molecular weight is 410 g/mol. The molecule has 0 spiro atoms. The number of nitrogens with one attached hydrogen (secondary N) is 1. The molecule has 158 valence electrons. The number of likely N-dealkylation sites (N-methyl/N-ethyl adjacent to an activating group) is 1. The molecule has 0 radical (unpaired) electrons. The van der Waals surface area contributed by atoms with Gasteiger partial charge in [0.05, 0.1) is 6.10 Å². The Labute approximate surface area is 170 Å². The lowest BCUT2D eigenvalue weighted by molar-refractivity contribution is 0.0142. The summed E-state index contributed by atoms with van der Waals surface area (Å²) in [6.07, 6.45) is 6.64. The Balaban J connectivity index is 1.69. The van der Waals surface area contributed by atoms with E-state index in [2.05, 4.69) is 23.2 Å². The predicted octanol–water partition coefficient (Wildman–Crippen LogP) is 2.79. The fourth-order valence-corrected chi connectivity index (χ4v) is 4.70. The van der Waals surface area contributed by atoms with E-state index < -0.39 is 10.2 Å². The normalized spacial score (nSPS) is 20.6. The van der Waals surface area contributed by atoms with Gasteiger partial charge in [0, 0.05) is 39.3 Å². The zero-order valence-electron chi connectivity index (χ0n) is 17.2. The van der Waals surface area contributed by atoms with Gasteiger partial charge < -0.3 is 9.64 Å². The summed E-state index contributed by atoms with van der Waals surface area (Å²) in [7, 11) is 0.271. The van der Waals surface area contributed by atoms with Gasteiger partial charge in [0.1, 0.15) is 0 Å². The van der Waals surface area contributed by atoms with Crippen molar-refractivity contribution in [2.24, 2.45) is 0 Å². The third-order valence-corrected chi connectivity index (χ3v) is 6.88. The SMILES string of the molecule is C=CCN(C)CCCO[C@H]1CC[C@H](N(C)S(=O)(=O)NCc2ccccc2)CC1. The summed E-state index contributed by atoms with van der Waals surface area (Å²) in [5.74, 6) is 0. The molecule has 0 heterocycles. The van der Waals surface area contributed by atoms with E-state index in [1.54, 1.807) is 7.05 Å². The number of benzene rings is 1. The van der Waals surface area contributed by atoms with Crippen LogP contribution in [0, 0.1) is 0 Å². The van der Waals surface area contributed by atoms with Gasteiger partial charge in [-0.2, -0.15) is 17.4 Å². The van der Waals surface area contributed by atoms with E-state index in [4.69, 9.17) is 4.74 Å². The molecular weight excluding hydrogens is 374 g/mol. The number of ether oxygens (including phenoxy) is 1. The Bertz CT molecular complexity index is 673. The third kappa shape index (κ3) is 7.64. The molecule has 1 N–H and O–H groups in total.